The normalized spacial score (nSPS) is 15.8. The van der Waals surface area contributed by atoms with Gasteiger partial charge in [0.05, 0.1) is 11.6 Å². The lowest BCUT2D eigenvalue weighted by Crippen LogP contribution is -2.44. The molecule has 5 nitrogen and oxygen atoms in total. The van der Waals surface area contributed by atoms with Crippen molar-refractivity contribution < 1.29 is 4.79 Å². The summed E-state index contributed by atoms with van der Waals surface area (Å²) in [5, 5.41) is 13.0. The molecule has 1 atom stereocenters. The number of benzene rings is 3. The Morgan fingerprint density at radius 1 is 1.09 bits per heavy atom. The summed E-state index contributed by atoms with van der Waals surface area (Å²) in [7, 11) is 2.09. The second-order valence-corrected chi connectivity index (χ2v) is 9.09. The van der Waals surface area contributed by atoms with Gasteiger partial charge < -0.3 is 10.2 Å². The van der Waals surface area contributed by atoms with Gasteiger partial charge in [0.1, 0.15) is 0 Å². The van der Waals surface area contributed by atoms with E-state index in [1.54, 1.807) is 29.2 Å². The SMILES string of the molecule is CN1CCC[C@@H]1CN(C(=O)Nc1cc(Cl)cc(Cl)c1)c1ccc(-c2cccc(C#N)c2)cc1. The van der Waals surface area contributed by atoms with E-state index in [-0.39, 0.29) is 12.1 Å². The lowest BCUT2D eigenvalue weighted by molar-refractivity contribution is 0.252. The van der Waals surface area contributed by atoms with Gasteiger partial charge in [-0.25, -0.2) is 4.79 Å². The lowest BCUT2D eigenvalue weighted by Gasteiger charge is -2.29. The van der Waals surface area contributed by atoms with Gasteiger partial charge in [-0.3, -0.25) is 4.90 Å². The van der Waals surface area contributed by atoms with Crippen molar-refractivity contribution >= 4 is 40.6 Å². The van der Waals surface area contributed by atoms with E-state index >= 15 is 0 Å². The molecule has 0 aliphatic carbocycles. The number of anilines is 2. The molecule has 0 bridgehead atoms. The van der Waals surface area contributed by atoms with Crippen LogP contribution < -0.4 is 10.2 Å². The van der Waals surface area contributed by atoms with Gasteiger partial charge >= 0.3 is 6.03 Å². The van der Waals surface area contributed by atoms with E-state index in [1.165, 1.54) is 0 Å². The maximum absolute atomic E-state index is 13.3. The van der Waals surface area contributed by atoms with Crippen molar-refractivity contribution in [2.24, 2.45) is 0 Å². The van der Waals surface area contributed by atoms with Gasteiger partial charge in [-0.05, 0) is 80.0 Å². The van der Waals surface area contributed by atoms with E-state index in [1.807, 2.05) is 42.5 Å². The highest BCUT2D eigenvalue weighted by molar-refractivity contribution is 6.35. The molecule has 0 radical (unpaired) electrons. The minimum atomic E-state index is -0.243. The zero-order chi connectivity index (χ0) is 23.4. The quantitative estimate of drug-likeness (QED) is 0.445. The number of likely N-dealkylation sites (N-methyl/N-ethyl adjacent to an activating group) is 1. The first-order valence-electron chi connectivity index (χ1n) is 10.8. The van der Waals surface area contributed by atoms with Gasteiger partial charge in [0, 0.05) is 34.0 Å². The van der Waals surface area contributed by atoms with Crippen LogP contribution in [-0.2, 0) is 0 Å². The number of amides is 2. The van der Waals surface area contributed by atoms with Crippen molar-refractivity contribution in [1.29, 1.82) is 5.26 Å². The summed E-state index contributed by atoms with van der Waals surface area (Å²) in [5.74, 6) is 0. The Balaban J connectivity index is 1.61. The van der Waals surface area contributed by atoms with E-state index in [4.69, 9.17) is 23.2 Å². The van der Waals surface area contributed by atoms with Gasteiger partial charge in [-0.1, -0.05) is 47.5 Å². The summed E-state index contributed by atoms with van der Waals surface area (Å²) in [6.45, 7) is 1.60. The standard InChI is InChI=1S/C26H24Cl2N4O/c1-31-11-3-6-25(31)17-32(26(33)30-23-14-21(27)13-22(28)15-23)24-9-7-19(8-10-24)20-5-2-4-18(12-20)16-29/h2,4-5,7-10,12-15,25H,3,6,11,17H2,1H3,(H,30,33)/t25-/m1/s1. The van der Waals surface area contributed by atoms with E-state index in [9.17, 15) is 10.1 Å². The Bertz CT molecular complexity index is 1170. The Labute approximate surface area is 204 Å². The second kappa shape index (κ2) is 10.3. The number of urea groups is 1. The molecule has 1 aliphatic rings. The maximum Gasteiger partial charge on any atom is 0.326 e. The van der Waals surface area contributed by atoms with Crippen LogP contribution in [0.1, 0.15) is 18.4 Å². The second-order valence-electron chi connectivity index (χ2n) is 8.22. The molecule has 3 aromatic rings. The fourth-order valence-corrected chi connectivity index (χ4v) is 4.67. The number of halogens is 2. The van der Waals surface area contributed by atoms with Crippen molar-refractivity contribution in [3.63, 3.8) is 0 Å². The zero-order valence-electron chi connectivity index (χ0n) is 18.3. The number of carbonyl (C=O) groups is 1. The number of likely N-dealkylation sites (tertiary alicyclic amines) is 1. The molecule has 0 aromatic heterocycles. The maximum atomic E-state index is 13.3. The minimum Gasteiger partial charge on any atom is -0.307 e. The van der Waals surface area contributed by atoms with E-state index in [2.05, 4.69) is 23.3 Å². The third kappa shape index (κ3) is 5.66. The summed E-state index contributed by atoms with van der Waals surface area (Å²) >= 11 is 12.2. The molecule has 1 saturated heterocycles. The molecule has 7 heteroatoms. The molecular formula is C26H24Cl2N4O. The third-order valence-corrected chi connectivity index (χ3v) is 6.36. The number of nitriles is 1. The summed E-state index contributed by atoms with van der Waals surface area (Å²) in [5.41, 5.74) is 3.90. The average molecular weight is 479 g/mol. The summed E-state index contributed by atoms with van der Waals surface area (Å²) < 4.78 is 0. The minimum absolute atomic E-state index is 0.243. The highest BCUT2D eigenvalue weighted by Crippen LogP contribution is 2.27. The van der Waals surface area contributed by atoms with Gasteiger partial charge in [-0.2, -0.15) is 5.26 Å². The molecule has 4 rings (SSSR count). The van der Waals surface area contributed by atoms with Crippen molar-refractivity contribution in [3.8, 4) is 17.2 Å². The molecular weight excluding hydrogens is 455 g/mol. The van der Waals surface area contributed by atoms with E-state index < -0.39 is 0 Å². The highest BCUT2D eigenvalue weighted by Gasteiger charge is 2.27. The molecule has 0 spiro atoms. The lowest BCUT2D eigenvalue weighted by atomic mass is 10.0. The first kappa shape index (κ1) is 23.1. The molecule has 1 fully saturated rings. The smallest absolute Gasteiger partial charge is 0.307 e. The van der Waals surface area contributed by atoms with Crippen LogP contribution >= 0.6 is 23.2 Å². The molecule has 33 heavy (non-hydrogen) atoms. The Morgan fingerprint density at radius 3 is 2.45 bits per heavy atom. The summed E-state index contributed by atoms with van der Waals surface area (Å²) in [6.07, 6.45) is 2.16. The summed E-state index contributed by atoms with van der Waals surface area (Å²) in [6, 6.07) is 22.5. The fraction of sp³-hybridized carbons (Fsp3) is 0.231. The van der Waals surface area contributed by atoms with Crippen molar-refractivity contribution in [2.75, 3.05) is 30.4 Å². The van der Waals surface area contributed by atoms with Crippen LogP contribution in [0.25, 0.3) is 11.1 Å². The van der Waals surface area contributed by atoms with Gasteiger partial charge in [0.15, 0.2) is 0 Å². The van der Waals surface area contributed by atoms with Crippen molar-refractivity contribution in [2.45, 2.75) is 18.9 Å². The van der Waals surface area contributed by atoms with Crippen molar-refractivity contribution in [3.05, 3.63) is 82.3 Å². The molecule has 1 heterocycles. The topological polar surface area (TPSA) is 59.4 Å². The molecule has 1 aliphatic heterocycles. The average Bonchev–Trinajstić information content (AvgIpc) is 3.21. The van der Waals surface area contributed by atoms with E-state index in [0.717, 1.165) is 36.2 Å². The van der Waals surface area contributed by atoms with Crippen LogP contribution in [0.3, 0.4) is 0 Å². The Kier molecular flexibility index (Phi) is 7.20. The van der Waals surface area contributed by atoms with Crippen LogP contribution in [0.5, 0.6) is 0 Å². The first-order valence-corrected chi connectivity index (χ1v) is 11.5. The number of carbonyl (C=O) groups excluding carboxylic acids is 1. The third-order valence-electron chi connectivity index (χ3n) is 5.93. The van der Waals surface area contributed by atoms with Crippen LogP contribution in [0.2, 0.25) is 10.0 Å². The fourth-order valence-electron chi connectivity index (χ4n) is 4.15. The molecule has 0 saturated carbocycles. The van der Waals surface area contributed by atoms with Crippen LogP contribution in [-0.4, -0.2) is 37.1 Å². The predicted molar refractivity (Wildman–Crippen MR) is 135 cm³/mol. The van der Waals surface area contributed by atoms with Crippen molar-refractivity contribution in [1.82, 2.24) is 4.90 Å². The number of hydrogen-bond donors (Lipinski definition) is 1. The van der Waals surface area contributed by atoms with Crippen LogP contribution in [0.4, 0.5) is 16.2 Å². The first-order chi connectivity index (χ1) is 15.9. The predicted octanol–water partition coefficient (Wildman–Crippen LogP) is 6.66. The number of nitrogens with zero attached hydrogens (tertiary/aromatic N) is 3. The monoisotopic (exact) mass is 478 g/mol. The number of rotatable bonds is 5. The van der Waals surface area contributed by atoms with Crippen LogP contribution in [0, 0.1) is 11.3 Å². The number of nitrogens with one attached hydrogen (secondary N) is 1. The van der Waals surface area contributed by atoms with Gasteiger partial charge in [0.2, 0.25) is 0 Å². The Hall–Kier alpha value is -3.04. The van der Waals surface area contributed by atoms with Crippen LogP contribution in [0.15, 0.2) is 66.7 Å². The molecule has 2 amide bonds. The number of hydrogen-bond acceptors (Lipinski definition) is 3. The van der Waals surface area contributed by atoms with E-state index in [0.29, 0.717) is 27.8 Å². The molecule has 3 aromatic carbocycles. The van der Waals surface area contributed by atoms with Gasteiger partial charge in [0.25, 0.3) is 0 Å². The molecule has 1 N–H and O–H groups in total. The summed E-state index contributed by atoms with van der Waals surface area (Å²) in [4.78, 5) is 17.4. The largest absolute Gasteiger partial charge is 0.326 e. The molecule has 0 unspecified atom stereocenters. The highest BCUT2D eigenvalue weighted by atomic mass is 35.5. The zero-order valence-corrected chi connectivity index (χ0v) is 19.8. The van der Waals surface area contributed by atoms with Gasteiger partial charge in [-0.15, -0.1) is 0 Å². The Morgan fingerprint density at radius 2 is 1.82 bits per heavy atom. The molecule has 168 valence electrons.